The number of benzene rings is 2. The number of fused-ring (bicyclic) bond motifs is 1. The number of likely N-dealkylation sites (tertiary alicyclic amines) is 1. The fourth-order valence-electron chi connectivity index (χ4n) is 4.91. The molecule has 0 saturated carbocycles. The maximum absolute atomic E-state index is 13.1. The summed E-state index contributed by atoms with van der Waals surface area (Å²) in [4.78, 5) is 2.17. The van der Waals surface area contributed by atoms with Crippen molar-refractivity contribution in [2.24, 2.45) is 11.7 Å². The largest absolute Gasteiger partial charge is 0.507 e. The highest BCUT2D eigenvalue weighted by molar-refractivity contribution is 6.31. The number of nitrogens with zero attached hydrogens (tertiary/aromatic N) is 1. The third kappa shape index (κ3) is 6.12. The predicted molar refractivity (Wildman–Crippen MR) is 132 cm³/mol. The van der Waals surface area contributed by atoms with Crippen LogP contribution in [0.3, 0.4) is 0 Å². The summed E-state index contributed by atoms with van der Waals surface area (Å²) < 4.78 is 45.8. The number of hydrogen-bond donors (Lipinski definition) is 2. The average Bonchev–Trinajstić information content (AvgIpc) is 2.77. The van der Waals surface area contributed by atoms with Gasteiger partial charge in [0.15, 0.2) is 0 Å². The first-order chi connectivity index (χ1) is 15.2. The number of hydrogen-bond acceptors (Lipinski definition) is 4. The number of aryl methyl sites for hydroxylation is 1. The molecule has 4 nitrogen and oxygen atoms in total. The molecule has 2 aromatic carbocycles. The van der Waals surface area contributed by atoms with E-state index < -0.39 is 11.7 Å². The summed E-state index contributed by atoms with van der Waals surface area (Å²) >= 11 is 5.74. The molecule has 2 atom stereocenters. The molecule has 0 spiro atoms. The van der Waals surface area contributed by atoms with Gasteiger partial charge in [-0.1, -0.05) is 29.8 Å². The van der Waals surface area contributed by atoms with E-state index in [1.807, 2.05) is 19.1 Å². The molecule has 0 amide bonds. The summed E-state index contributed by atoms with van der Waals surface area (Å²) in [6.45, 7) is 4.23. The highest BCUT2D eigenvalue weighted by atomic mass is 35.5. The summed E-state index contributed by atoms with van der Waals surface area (Å²) in [6.07, 6.45) is -2.32. The van der Waals surface area contributed by atoms with Crippen molar-refractivity contribution in [3.8, 4) is 5.75 Å². The normalized spacial score (nSPS) is 21.4. The molecule has 0 bridgehead atoms. The number of phenolic OH excluding ortho intramolecular Hbond substituents is 1. The van der Waals surface area contributed by atoms with Crippen LogP contribution in [0, 0.1) is 12.8 Å². The second kappa shape index (κ2) is 11.7. The minimum absolute atomic E-state index is 0. The Kier molecular flexibility index (Phi) is 9.96. The second-order valence-corrected chi connectivity index (χ2v) is 9.23. The van der Waals surface area contributed by atoms with Crippen LogP contribution in [0.5, 0.6) is 5.75 Å². The highest BCUT2D eigenvalue weighted by Crippen LogP contribution is 2.40. The van der Waals surface area contributed by atoms with Crippen LogP contribution in [0.15, 0.2) is 30.3 Å². The number of halogens is 6. The Morgan fingerprint density at radius 3 is 2.44 bits per heavy atom. The van der Waals surface area contributed by atoms with Gasteiger partial charge in [0.1, 0.15) is 5.75 Å². The SMILES string of the molecule is Cc1ccc2c(c1O)C[C@@H](C1CCN(Cc3ccc(Cl)c(C(F)(F)F)c3)CC1)O[C@H]2CN.Cl.Cl. The van der Waals surface area contributed by atoms with E-state index >= 15 is 0 Å². The van der Waals surface area contributed by atoms with E-state index in [1.165, 1.54) is 6.07 Å². The van der Waals surface area contributed by atoms with Crippen LogP contribution in [-0.2, 0) is 23.9 Å². The Morgan fingerprint density at radius 1 is 1.15 bits per heavy atom. The first-order valence-electron chi connectivity index (χ1n) is 10.9. The van der Waals surface area contributed by atoms with Crippen LogP contribution in [0.1, 0.15) is 46.8 Å². The Morgan fingerprint density at radius 2 is 1.82 bits per heavy atom. The average molecular weight is 542 g/mol. The van der Waals surface area contributed by atoms with Crippen LogP contribution < -0.4 is 5.73 Å². The summed E-state index contributed by atoms with van der Waals surface area (Å²) in [5, 5.41) is 10.3. The molecule has 190 valence electrons. The molecule has 2 aliphatic heterocycles. The molecule has 0 aliphatic carbocycles. The van der Waals surface area contributed by atoms with Gasteiger partial charge in [-0.3, -0.25) is 4.90 Å². The van der Waals surface area contributed by atoms with E-state index in [0.29, 0.717) is 36.7 Å². The zero-order chi connectivity index (χ0) is 23.0. The maximum atomic E-state index is 13.1. The van der Waals surface area contributed by atoms with E-state index in [4.69, 9.17) is 22.1 Å². The molecule has 0 radical (unpaired) electrons. The number of rotatable bonds is 4. The summed E-state index contributed by atoms with van der Waals surface area (Å²) in [6, 6.07) is 8.00. The fraction of sp³-hybridized carbons (Fsp3) is 0.500. The number of aromatic hydroxyl groups is 1. The molecule has 2 aromatic rings. The van der Waals surface area contributed by atoms with Gasteiger partial charge in [-0.15, -0.1) is 24.8 Å². The van der Waals surface area contributed by atoms with Gasteiger partial charge in [0, 0.05) is 25.1 Å². The number of alkyl halides is 3. The lowest BCUT2D eigenvalue weighted by atomic mass is 9.83. The quantitative estimate of drug-likeness (QED) is 0.493. The molecule has 4 rings (SSSR count). The number of ether oxygens (including phenoxy) is 1. The molecule has 2 heterocycles. The second-order valence-electron chi connectivity index (χ2n) is 8.83. The van der Waals surface area contributed by atoms with Gasteiger partial charge in [-0.25, -0.2) is 0 Å². The lowest BCUT2D eigenvalue weighted by Gasteiger charge is -2.40. The smallest absolute Gasteiger partial charge is 0.417 e. The molecule has 0 unspecified atom stereocenters. The third-order valence-corrected chi connectivity index (χ3v) is 7.06. The van der Waals surface area contributed by atoms with E-state index in [2.05, 4.69) is 4.90 Å². The Bertz CT molecular complexity index is 983. The van der Waals surface area contributed by atoms with Crippen molar-refractivity contribution in [1.82, 2.24) is 4.90 Å². The third-order valence-electron chi connectivity index (χ3n) is 6.73. The van der Waals surface area contributed by atoms with Crippen LogP contribution in [0.25, 0.3) is 0 Å². The van der Waals surface area contributed by atoms with Crippen molar-refractivity contribution >= 4 is 36.4 Å². The molecule has 1 fully saturated rings. The molecule has 34 heavy (non-hydrogen) atoms. The van der Waals surface area contributed by atoms with E-state index in [0.717, 1.165) is 48.7 Å². The lowest BCUT2D eigenvalue weighted by molar-refractivity contribution is -0.137. The number of phenols is 1. The summed E-state index contributed by atoms with van der Waals surface area (Å²) in [7, 11) is 0. The summed E-state index contributed by atoms with van der Waals surface area (Å²) in [5.41, 5.74) is 8.51. The molecule has 0 aromatic heterocycles. The van der Waals surface area contributed by atoms with Crippen LogP contribution in [0.2, 0.25) is 5.02 Å². The minimum atomic E-state index is -4.46. The van der Waals surface area contributed by atoms with E-state index in [1.54, 1.807) is 6.07 Å². The van der Waals surface area contributed by atoms with Gasteiger partial charge < -0.3 is 15.6 Å². The summed E-state index contributed by atoms with van der Waals surface area (Å²) in [5.74, 6) is 0.638. The van der Waals surface area contributed by atoms with Gasteiger partial charge in [0.25, 0.3) is 0 Å². The first kappa shape index (κ1) is 29.0. The van der Waals surface area contributed by atoms with Gasteiger partial charge >= 0.3 is 6.18 Å². The molecular formula is C24H30Cl3F3N2O2. The van der Waals surface area contributed by atoms with Crippen LogP contribution in [-0.4, -0.2) is 35.7 Å². The number of nitrogens with two attached hydrogens (primary N) is 1. The van der Waals surface area contributed by atoms with Crippen LogP contribution in [0.4, 0.5) is 13.2 Å². The van der Waals surface area contributed by atoms with Crippen molar-refractivity contribution in [1.29, 1.82) is 0 Å². The maximum Gasteiger partial charge on any atom is 0.417 e. The van der Waals surface area contributed by atoms with Gasteiger partial charge in [0.2, 0.25) is 0 Å². The predicted octanol–water partition coefficient (Wildman–Crippen LogP) is 6.07. The Balaban J connectivity index is 0.00000204. The van der Waals surface area contributed by atoms with Crippen molar-refractivity contribution in [2.45, 2.75) is 51.1 Å². The lowest BCUT2D eigenvalue weighted by Crippen LogP contribution is -2.42. The Hall–Kier alpha value is -1.22. The van der Waals surface area contributed by atoms with Gasteiger partial charge in [-0.05, 0) is 67.6 Å². The first-order valence-corrected chi connectivity index (χ1v) is 11.3. The molecule has 2 aliphatic rings. The zero-order valence-corrected chi connectivity index (χ0v) is 21.2. The fourth-order valence-corrected chi connectivity index (χ4v) is 5.13. The van der Waals surface area contributed by atoms with E-state index in [9.17, 15) is 18.3 Å². The van der Waals surface area contributed by atoms with E-state index in [-0.39, 0.29) is 42.0 Å². The highest BCUT2D eigenvalue weighted by Gasteiger charge is 2.36. The standard InChI is InChI=1S/C24H28ClF3N2O2.2ClH/c1-14-2-4-17-18(23(14)31)11-21(32-22(17)12-29)16-6-8-30(9-7-16)13-15-3-5-20(25)19(10-15)24(26,27)28;;/h2-5,10,16,21-22,31H,6-9,11-13,29H2,1H3;2*1H/t21-,22-;;/m0../s1. The Labute approximate surface area is 215 Å². The minimum Gasteiger partial charge on any atom is -0.507 e. The monoisotopic (exact) mass is 540 g/mol. The molecular weight excluding hydrogens is 512 g/mol. The molecule has 3 N–H and O–H groups in total. The molecule has 10 heteroatoms. The van der Waals surface area contributed by atoms with Crippen molar-refractivity contribution in [3.63, 3.8) is 0 Å². The number of piperidine rings is 1. The van der Waals surface area contributed by atoms with Gasteiger partial charge in [-0.2, -0.15) is 13.2 Å². The van der Waals surface area contributed by atoms with Crippen molar-refractivity contribution in [2.75, 3.05) is 19.6 Å². The van der Waals surface area contributed by atoms with Gasteiger partial charge in [0.05, 0.1) is 22.8 Å². The zero-order valence-electron chi connectivity index (χ0n) is 18.8. The molecule has 1 saturated heterocycles. The van der Waals surface area contributed by atoms with Crippen LogP contribution >= 0.6 is 36.4 Å². The van der Waals surface area contributed by atoms with Crippen molar-refractivity contribution < 1.29 is 23.0 Å². The topological polar surface area (TPSA) is 58.7 Å². The van der Waals surface area contributed by atoms with Crippen molar-refractivity contribution in [3.05, 3.63) is 63.2 Å².